The van der Waals surface area contributed by atoms with Gasteiger partial charge in [0.1, 0.15) is 18.0 Å². The third kappa shape index (κ3) is 3.36. The Bertz CT molecular complexity index is 1150. The van der Waals surface area contributed by atoms with Gasteiger partial charge < -0.3 is 9.30 Å². The molecule has 1 aliphatic heterocycles. The second-order valence-corrected chi connectivity index (χ2v) is 8.07. The molecule has 1 unspecified atom stereocenters. The molecule has 1 aliphatic rings. The van der Waals surface area contributed by atoms with Crippen LogP contribution in [0.1, 0.15) is 10.4 Å². The highest BCUT2D eigenvalue weighted by Gasteiger charge is 2.41. The van der Waals surface area contributed by atoms with Crippen molar-refractivity contribution in [1.29, 1.82) is 0 Å². The molecule has 2 aromatic heterocycles. The molecule has 1 atom stereocenters. The second kappa shape index (κ2) is 7.29. The zero-order valence-corrected chi connectivity index (χ0v) is 16.3. The summed E-state index contributed by atoms with van der Waals surface area (Å²) in [6.45, 7) is 0.731. The van der Waals surface area contributed by atoms with E-state index < -0.39 is 5.54 Å². The van der Waals surface area contributed by atoms with Crippen LogP contribution < -0.4 is 0 Å². The molecule has 0 spiro atoms. The molecule has 4 aromatic rings. The van der Waals surface area contributed by atoms with Crippen molar-refractivity contribution in [2.24, 2.45) is 4.99 Å². The molecule has 0 saturated carbocycles. The maximum absolute atomic E-state index is 14.7. The average molecular weight is 403 g/mol. The molecule has 5 rings (SSSR count). The van der Waals surface area contributed by atoms with Gasteiger partial charge in [-0.05, 0) is 23.8 Å². The van der Waals surface area contributed by atoms with Gasteiger partial charge in [0.2, 0.25) is 5.90 Å². The van der Waals surface area contributed by atoms with E-state index in [2.05, 4.69) is 23.2 Å². The quantitative estimate of drug-likeness (QED) is 0.464. The van der Waals surface area contributed by atoms with Crippen LogP contribution in [-0.4, -0.2) is 22.1 Å². The van der Waals surface area contributed by atoms with Gasteiger partial charge in [-0.15, -0.1) is 11.3 Å². The first-order valence-electron chi connectivity index (χ1n) is 9.33. The largest absolute Gasteiger partial charge is 0.474 e. The highest BCUT2D eigenvalue weighted by molar-refractivity contribution is 7.17. The van der Waals surface area contributed by atoms with E-state index in [1.165, 1.54) is 6.07 Å². The Hall–Kier alpha value is -3.25. The van der Waals surface area contributed by atoms with Gasteiger partial charge in [-0.2, -0.15) is 0 Å². The van der Waals surface area contributed by atoms with Crippen LogP contribution in [0.3, 0.4) is 0 Å². The summed E-state index contributed by atoms with van der Waals surface area (Å²) < 4.78 is 22.7. The average Bonchev–Trinajstić information content (AvgIpc) is 3.51. The van der Waals surface area contributed by atoms with Crippen LogP contribution in [0.25, 0.3) is 10.4 Å². The molecule has 0 N–H and O–H groups in total. The van der Waals surface area contributed by atoms with Gasteiger partial charge in [-0.1, -0.05) is 48.5 Å². The molecule has 6 heteroatoms. The van der Waals surface area contributed by atoms with E-state index in [-0.39, 0.29) is 12.4 Å². The Morgan fingerprint density at radius 3 is 2.59 bits per heavy atom. The van der Waals surface area contributed by atoms with Crippen molar-refractivity contribution >= 4 is 17.2 Å². The summed E-state index contributed by atoms with van der Waals surface area (Å²) in [5, 5.41) is 0. The van der Waals surface area contributed by atoms with Crippen molar-refractivity contribution in [2.45, 2.75) is 12.1 Å². The molecule has 0 bridgehead atoms. The van der Waals surface area contributed by atoms with Crippen molar-refractivity contribution in [1.82, 2.24) is 9.55 Å². The van der Waals surface area contributed by atoms with Crippen molar-refractivity contribution < 1.29 is 9.13 Å². The molecule has 0 fully saturated rings. The molecule has 4 nitrogen and oxygen atoms in total. The number of thiophene rings is 1. The van der Waals surface area contributed by atoms with E-state index in [9.17, 15) is 4.39 Å². The Kier molecular flexibility index (Phi) is 4.48. The lowest BCUT2D eigenvalue weighted by Gasteiger charge is -2.25. The maximum atomic E-state index is 14.7. The van der Waals surface area contributed by atoms with E-state index in [0.717, 1.165) is 15.3 Å². The van der Waals surface area contributed by atoms with Crippen LogP contribution >= 0.6 is 11.3 Å². The van der Waals surface area contributed by atoms with E-state index >= 15 is 0 Å². The summed E-state index contributed by atoms with van der Waals surface area (Å²) in [6, 6.07) is 21.1. The lowest BCUT2D eigenvalue weighted by atomic mass is 9.91. The second-order valence-electron chi connectivity index (χ2n) is 6.98. The first kappa shape index (κ1) is 17.8. The predicted octanol–water partition coefficient (Wildman–Crippen LogP) is 5.12. The Labute approximate surface area is 172 Å². The number of aliphatic imine (C=N–C) groups is 1. The summed E-state index contributed by atoms with van der Waals surface area (Å²) in [4.78, 5) is 11.1. The molecule has 3 heterocycles. The molecule has 0 radical (unpaired) electrons. The lowest BCUT2D eigenvalue weighted by Crippen LogP contribution is -2.32. The van der Waals surface area contributed by atoms with Crippen molar-refractivity contribution in [2.75, 3.05) is 6.61 Å². The third-order valence-electron chi connectivity index (χ3n) is 5.02. The van der Waals surface area contributed by atoms with E-state index in [1.807, 2.05) is 41.1 Å². The number of rotatable bonds is 5. The monoisotopic (exact) mass is 403 g/mol. The van der Waals surface area contributed by atoms with Gasteiger partial charge in [0.15, 0.2) is 0 Å². The Balaban J connectivity index is 1.54. The van der Waals surface area contributed by atoms with Gasteiger partial charge in [0.25, 0.3) is 0 Å². The zero-order chi connectivity index (χ0) is 19.7. The van der Waals surface area contributed by atoms with Crippen LogP contribution in [0.4, 0.5) is 4.39 Å². The summed E-state index contributed by atoms with van der Waals surface area (Å²) in [5.41, 5.74) is 0.850. The minimum absolute atomic E-state index is 0.278. The number of halogens is 1. The number of benzene rings is 2. The third-order valence-corrected chi connectivity index (χ3v) is 6.14. The fraction of sp³-hybridized carbons (Fsp3) is 0.130. The molecule has 29 heavy (non-hydrogen) atoms. The number of nitrogens with zero attached hydrogens (tertiary/aromatic N) is 3. The van der Waals surface area contributed by atoms with Crippen LogP contribution in [0.2, 0.25) is 0 Å². The molecule has 0 saturated heterocycles. The van der Waals surface area contributed by atoms with Crippen LogP contribution in [0.15, 0.2) is 90.4 Å². The summed E-state index contributed by atoms with van der Waals surface area (Å²) in [5.74, 6) is 0.276. The normalized spacial score (nSPS) is 18.4. The first-order chi connectivity index (χ1) is 14.2. The standard InChI is InChI=1S/C23H18FN3OS/c24-19-9-5-4-8-18(19)23(14-27-13-12-25-16-27)15-28-22(26-23)21-11-10-20(29-21)17-6-2-1-3-7-17/h1-13,16H,14-15H2. The van der Waals surface area contributed by atoms with Gasteiger partial charge in [0.05, 0.1) is 17.7 Å². The molecule has 144 valence electrons. The number of imidazole rings is 1. The summed E-state index contributed by atoms with van der Waals surface area (Å²) in [7, 11) is 0. The highest BCUT2D eigenvalue weighted by Crippen LogP contribution is 2.37. The number of hydrogen-bond donors (Lipinski definition) is 0. The lowest BCUT2D eigenvalue weighted by molar-refractivity contribution is 0.231. The smallest absolute Gasteiger partial charge is 0.227 e. The predicted molar refractivity (Wildman–Crippen MR) is 113 cm³/mol. The van der Waals surface area contributed by atoms with Gasteiger partial charge in [-0.3, -0.25) is 0 Å². The maximum Gasteiger partial charge on any atom is 0.227 e. The summed E-state index contributed by atoms with van der Waals surface area (Å²) >= 11 is 1.62. The molecular weight excluding hydrogens is 385 g/mol. The van der Waals surface area contributed by atoms with E-state index in [4.69, 9.17) is 9.73 Å². The molecular formula is C23H18FN3OS. The molecule has 0 aliphatic carbocycles. The van der Waals surface area contributed by atoms with Crippen LogP contribution in [0, 0.1) is 5.82 Å². The summed E-state index contributed by atoms with van der Waals surface area (Å²) in [6.07, 6.45) is 5.28. The SMILES string of the molecule is Fc1ccccc1C1(Cn2ccnc2)COC(c2ccc(-c3ccccc3)s2)=N1. The number of aromatic nitrogens is 2. The molecule has 2 aromatic carbocycles. The molecule has 0 amide bonds. The number of hydrogen-bond acceptors (Lipinski definition) is 4. The first-order valence-corrected chi connectivity index (χ1v) is 10.1. The Morgan fingerprint density at radius 2 is 1.79 bits per heavy atom. The van der Waals surface area contributed by atoms with Gasteiger partial charge >= 0.3 is 0 Å². The van der Waals surface area contributed by atoms with Crippen LogP contribution in [-0.2, 0) is 16.8 Å². The topological polar surface area (TPSA) is 39.4 Å². The zero-order valence-electron chi connectivity index (χ0n) is 15.5. The highest BCUT2D eigenvalue weighted by atomic mass is 32.1. The minimum atomic E-state index is -0.835. The van der Waals surface area contributed by atoms with Crippen molar-refractivity contribution in [3.8, 4) is 10.4 Å². The minimum Gasteiger partial charge on any atom is -0.474 e. The van der Waals surface area contributed by atoms with E-state index in [1.54, 1.807) is 36.0 Å². The fourth-order valence-corrected chi connectivity index (χ4v) is 4.56. The Morgan fingerprint density at radius 1 is 1.00 bits per heavy atom. The van der Waals surface area contributed by atoms with Crippen molar-refractivity contribution in [3.05, 3.63) is 102 Å². The van der Waals surface area contributed by atoms with Crippen LogP contribution in [0.5, 0.6) is 0 Å². The number of ether oxygens (including phenoxy) is 1. The van der Waals surface area contributed by atoms with Gasteiger partial charge in [-0.25, -0.2) is 14.4 Å². The van der Waals surface area contributed by atoms with Crippen molar-refractivity contribution in [3.63, 3.8) is 0 Å². The van der Waals surface area contributed by atoms with Gasteiger partial charge in [0, 0.05) is 22.8 Å². The van der Waals surface area contributed by atoms with E-state index in [0.29, 0.717) is 18.0 Å². The fourth-order valence-electron chi connectivity index (χ4n) is 3.61.